The number of carbonyl (C=O) groups excluding carboxylic acids is 2. The van der Waals surface area contributed by atoms with Crippen LogP contribution in [0, 0.1) is 12.7 Å². The van der Waals surface area contributed by atoms with Crippen LogP contribution in [0.5, 0.6) is 0 Å². The lowest BCUT2D eigenvalue weighted by atomic mass is 10.2. The minimum Gasteiger partial charge on any atom is -0.317 e. The first-order chi connectivity index (χ1) is 11.4. The second kappa shape index (κ2) is 7.90. The first-order valence-corrected chi connectivity index (χ1v) is 7.48. The molecule has 0 spiro atoms. The lowest BCUT2D eigenvalue weighted by Gasteiger charge is -2.07. The van der Waals surface area contributed by atoms with E-state index >= 15 is 0 Å². The molecule has 2 N–H and O–H groups in total. The van der Waals surface area contributed by atoms with Crippen LogP contribution in [0.15, 0.2) is 41.5 Å². The van der Waals surface area contributed by atoms with Gasteiger partial charge in [-0.25, -0.2) is 9.82 Å². The van der Waals surface area contributed by atoms with Gasteiger partial charge in [-0.1, -0.05) is 35.3 Å². The molecule has 0 aromatic heterocycles. The number of carbonyl (C=O) groups is 2. The van der Waals surface area contributed by atoms with Gasteiger partial charge in [0.2, 0.25) is 0 Å². The van der Waals surface area contributed by atoms with Crippen LogP contribution in [-0.4, -0.2) is 18.0 Å². The summed E-state index contributed by atoms with van der Waals surface area (Å²) in [5.74, 6) is -2.55. The van der Waals surface area contributed by atoms with Gasteiger partial charge in [0, 0.05) is 16.3 Å². The van der Waals surface area contributed by atoms with E-state index in [1.165, 1.54) is 24.3 Å². The number of hydrazone groups is 1. The van der Waals surface area contributed by atoms with Crippen molar-refractivity contribution in [2.24, 2.45) is 5.10 Å². The van der Waals surface area contributed by atoms with Crippen molar-refractivity contribution in [2.45, 2.75) is 6.92 Å². The van der Waals surface area contributed by atoms with Gasteiger partial charge < -0.3 is 5.32 Å². The van der Waals surface area contributed by atoms with Crippen molar-refractivity contribution < 1.29 is 14.0 Å². The molecule has 0 aliphatic rings. The number of rotatable bonds is 3. The van der Waals surface area contributed by atoms with Gasteiger partial charge in [0.25, 0.3) is 0 Å². The molecule has 0 aliphatic carbocycles. The zero-order valence-electron chi connectivity index (χ0n) is 12.4. The van der Waals surface area contributed by atoms with E-state index in [-0.39, 0.29) is 10.6 Å². The second-order valence-electron chi connectivity index (χ2n) is 4.75. The molecule has 124 valence electrons. The summed E-state index contributed by atoms with van der Waals surface area (Å²) < 4.78 is 13.5. The summed E-state index contributed by atoms with van der Waals surface area (Å²) >= 11 is 11.6. The molecule has 2 aromatic rings. The first kappa shape index (κ1) is 17.9. The predicted octanol–water partition coefficient (Wildman–Crippen LogP) is 3.53. The molecule has 2 rings (SSSR count). The Kier molecular flexibility index (Phi) is 5.89. The van der Waals surface area contributed by atoms with Crippen molar-refractivity contribution >= 4 is 46.9 Å². The van der Waals surface area contributed by atoms with Gasteiger partial charge in [0.15, 0.2) is 0 Å². The summed E-state index contributed by atoms with van der Waals surface area (Å²) in [4.78, 5) is 23.5. The number of anilines is 1. The SMILES string of the molecule is Cc1ccc(Cl)cc1NC(=O)C(=O)N/N=C/c1c(F)cccc1Cl. The Balaban J connectivity index is 2.01. The standard InChI is InChI=1S/C16H12Cl2FN3O2/c1-9-5-6-10(17)7-14(9)21-15(23)16(24)22-20-8-11-12(18)3-2-4-13(11)19/h2-8H,1H3,(H,21,23)(H,22,24)/b20-8+. The van der Waals surface area contributed by atoms with E-state index in [9.17, 15) is 14.0 Å². The number of nitrogens with zero attached hydrogens (tertiary/aromatic N) is 1. The molecule has 0 radical (unpaired) electrons. The van der Waals surface area contributed by atoms with Crippen molar-refractivity contribution in [3.63, 3.8) is 0 Å². The molecular formula is C16H12Cl2FN3O2. The third kappa shape index (κ3) is 4.53. The quantitative estimate of drug-likeness (QED) is 0.494. The molecular weight excluding hydrogens is 356 g/mol. The highest BCUT2D eigenvalue weighted by Crippen LogP contribution is 2.20. The van der Waals surface area contributed by atoms with Crippen LogP contribution in [-0.2, 0) is 9.59 Å². The molecule has 8 heteroatoms. The highest BCUT2D eigenvalue weighted by Gasteiger charge is 2.14. The van der Waals surface area contributed by atoms with E-state index in [1.54, 1.807) is 19.1 Å². The molecule has 2 aromatic carbocycles. The summed E-state index contributed by atoms with van der Waals surface area (Å²) in [5, 5.41) is 6.49. The van der Waals surface area contributed by atoms with Crippen LogP contribution in [0.25, 0.3) is 0 Å². The van der Waals surface area contributed by atoms with Gasteiger partial charge in [-0.15, -0.1) is 0 Å². The van der Waals surface area contributed by atoms with E-state index in [1.807, 2.05) is 5.43 Å². The van der Waals surface area contributed by atoms with E-state index in [2.05, 4.69) is 10.4 Å². The van der Waals surface area contributed by atoms with E-state index in [0.717, 1.165) is 11.8 Å². The summed E-state index contributed by atoms with van der Waals surface area (Å²) in [5.41, 5.74) is 3.15. The minimum absolute atomic E-state index is 0.00515. The lowest BCUT2D eigenvalue weighted by Crippen LogP contribution is -2.32. The first-order valence-electron chi connectivity index (χ1n) is 6.73. The van der Waals surface area contributed by atoms with Gasteiger partial charge in [-0.3, -0.25) is 9.59 Å². The fourth-order valence-electron chi connectivity index (χ4n) is 1.75. The van der Waals surface area contributed by atoms with E-state index in [4.69, 9.17) is 23.2 Å². The molecule has 0 heterocycles. The van der Waals surface area contributed by atoms with Crippen LogP contribution in [0.4, 0.5) is 10.1 Å². The predicted molar refractivity (Wildman–Crippen MR) is 92.0 cm³/mol. The van der Waals surface area contributed by atoms with E-state index < -0.39 is 17.6 Å². The lowest BCUT2D eigenvalue weighted by molar-refractivity contribution is -0.136. The zero-order chi connectivity index (χ0) is 17.7. The van der Waals surface area contributed by atoms with Gasteiger partial charge in [-0.2, -0.15) is 5.10 Å². The highest BCUT2D eigenvalue weighted by atomic mass is 35.5. The van der Waals surface area contributed by atoms with Crippen molar-refractivity contribution in [1.29, 1.82) is 0 Å². The summed E-state index contributed by atoms with van der Waals surface area (Å²) in [6.07, 6.45) is 1.02. The zero-order valence-corrected chi connectivity index (χ0v) is 14.0. The normalized spacial score (nSPS) is 10.7. The number of aryl methyl sites for hydroxylation is 1. The maximum atomic E-state index is 13.5. The average molecular weight is 368 g/mol. The number of nitrogens with one attached hydrogen (secondary N) is 2. The molecule has 0 saturated carbocycles. The Morgan fingerprint density at radius 2 is 1.92 bits per heavy atom. The number of benzene rings is 2. The molecule has 0 unspecified atom stereocenters. The summed E-state index contributed by atoms with van der Waals surface area (Å²) in [6.45, 7) is 1.75. The van der Waals surface area contributed by atoms with Gasteiger partial charge >= 0.3 is 11.8 Å². The number of halogens is 3. The minimum atomic E-state index is -1.02. The van der Waals surface area contributed by atoms with E-state index in [0.29, 0.717) is 10.7 Å². The monoisotopic (exact) mass is 367 g/mol. The maximum Gasteiger partial charge on any atom is 0.329 e. The fraction of sp³-hybridized carbons (Fsp3) is 0.0625. The smallest absolute Gasteiger partial charge is 0.317 e. The third-order valence-corrected chi connectivity index (χ3v) is 3.58. The maximum absolute atomic E-state index is 13.5. The molecule has 0 atom stereocenters. The molecule has 2 amide bonds. The molecule has 0 aliphatic heterocycles. The Morgan fingerprint density at radius 3 is 2.62 bits per heavy atom. The van der Waals surface area contributed by atoms with Gasteiger partial charge in [0.05, 0.1) is 11.2 Å². The Bertz CT molecular complexity index is 805. The fourth-order valence-corrected chi connectivity index (χ4v) is 2.13. The molecule has 0 fully saturated rings. The highest BCUT2D eigenvalue weighted by molar-refractivity contribution is 6.40. The molecule has 0 saturated heterocycles. The van der Waals surface area contributed by atoms with Crippen molar-refractivity contribution in [2.75, 3.05) is 5.32 Å². The Hall–Kier alpha value is -2.44. The summed E-state index contributed by atoms with van der Waals surface area (Å²) in [6, 6.07) is 8.99. The van der Waals surface area contributed by atoms with Crippen LogP contribution in [0.1, 0.15) is 11.1 Å². The van der Waals surface area contributed by atoms with Gasteiger partial charge in [0.1, 0.15) is 5.82 Å². The molecule has 0 bridgehead atoms. The third-order valence-electron chi connectivity index (χ3n) is 3.01. The van der Waals surface area contributed by atoms with Crippen LogP contribution in [0.2, 0.25) is 10.0 Å². The second-order valence-corrected chi connectivity index (χ2v) is 5.59. The van der Waals surface area contributed by atoms with Crippen molar-refractivity contribution in [1.82, 2.24) is 5.43 Å². The summed E-state index contributed by atoms with van der Waals surface area (Å²) in [7, 11) is 0. The van der Waals surface area contributed by atoms with Crippen LogP contribution >= 0.6 is 23.2 Å². The number of hydrogen-bond acceptors (Lipinski definition) is 3. The average Bonchev–Trinajstić information content (AvgIpc) is 2.53. The molecule has 24 heavy (non-hydrogen) atoms. The van der Waals surface area contributed by atoms with Crippen molar-refractivity contribution in [3.05, 3.63) is 63.4 Å². The number of amides is 2. The largest absolute Gasteiger partial charge is 0.329 e. The van der Waals surface area contributed by atoms with Gasteiger partial charge in [-0.05, 0) is 36.8 Å². The number of hydrogen-bond donors (Lipinski definition) is 2. The van der Waals surface area contributed by atoms with Crippen LogP contribution < -0.4 is 10.7 Å². The molecule has 5 nitrogen and oxygen atoms in total. The topological polar surface area (TPSA) is 70.6 Å². The van der Waals surface area contributed by atoms with Crippen LogP contribution in [0.3, 0.4) is 0 Å². The van der Waals surface area contributed by atoms with Crippen molar-refractivity contribution in [3.8, 4) is 0 Å². The Labute approximate surface area is 147 Å². The Morgan fingerprint density at radius 1 is 1.17 bits per heavy atom.